The van der Waals surface area contributed by atoms with Gasteiger partial charge in [0, 0.05) is 45.8 Å². The van der Waals surface area contributed by atoms with Crippen molar-refractivity contribution >= 4 is 35.8 Å². The van der Waals surface area contributed by atoms with Gasteiger partial charge in [0.25, 0.3) is 0 Å². The van der Waals surface area contributed by atoms with E-state index in [0.29, 0.717) is 39.3 Å². The number of benzene rings is 1. The van der Waals surface area contributed by atoms with Gasteiger partial charge in [0.15, 0.2) is 5.96 Å². The van der Waals surface area contributed by atoms with Crippen molar-refractivity contribution in [3.8, 4) is 0 Å². The number of nitrogens with zero attached hydrogens (tertiary/aromatic N) is 2. The lowest BCUT2D eigenvalue weighted by Gasteiger charge is -2.28. The van der Waals surface area contributed by atoms with Crippen LogP contribution in [0.5, 0.6) is 0 Å². The second kappa shape index (κ2) is 18.1. The average Bonchev–Trinajstić information content (AvgIpc) is 2.80. The molecule has 0 saturated heterocycles. The predicted molar refractivity (Wildman–Crippen MR) is 141 cm³/mol. The molecule has 0 aliphatic carbocycles. The van der Waals surface area contributed by atoms with E-state index in [2.05, 4.69) is 40.7 Å². The van der Waals surface area contributed by atoms with E-state index in [1.54, 1.807) is 0 Å². The fourth-order valence-electron chi connectivity index (χ4n) is 3.44. The van der Waals surface area contributed by atoms with Gasteiger partial charge >= 0.3 is 0 Å². The van der Waals surface area contributed by atoms with Gasteiger partial charge in [0.2, 0.25) is 5.91 Å². The molecule has 1 aliphatic heterocycles. The van der Waals surface area contributed by atoms with Gasteiger partial charge < -0.3 is 25.0 Å². The SMILES string of the molecule is CCCCOCCOCCNC(=NCCCC(=O)N1CCc2ccccc2C1)NCC.I. The molecule has 0 saturated carbocycles. The van der Waals surface area contributed by atoms with Gasteiger partial charge in [0.1, 0.15) is 0 Å². The van der Waals surface area contributed by atoms with E-state index in [1.165, 1.54) is 11.1 Å². The van der Waals surface area contributed by atoms with Gasteiger partial charge in [-0.05, 0) is 37.3 Å². The maximum atomic E-state index is 12.6. The smallest absolute Gasteiger partial charge is 0.222 e. The summed E-state index contributed by atoms with van der Waals surface area (Å²) in [7, 11) is 0. The summed E-state index contributed by atoms with van der Waals surface area (Å²) >= 11 is 0. The molecule has 0 unspecified atom stereocenters. The summed E-state index contributed by atoms with van der Waals surface area (Å²) in [6, 6.07) is 8.40. The number of aliphatic imine (C=N–C) groups is 1. The van der Waals surface area contributed by atoms with E-state index >= 15 is 0 Å². The third-order valence-electron chi connectivity index (χ3n) is 5.20. The molecule has 0 bridgehead atoms. The summed E-state index contributed by atoms with van der Waals surface area (Å²) in [4.78, 5) is 19.1. The Hall–Kier alpha value is -1.39. The Kier molecular flexibility index (Phi) is 16.2. The quantitative estimate of drug-likeness (QED) is 0.158. The molecule has 2 N–H and O–H groups in total. The number of amides is 1. The van der Waals surface area contributed by atoms with Gasteiger partial charge in [0.05, 0.1) is 19.8 Å². The van der Waals surface area contributed by atoms with Crippen LogP contribution in [0.4, 0.5) is 0 Å². The molecule has 0 radical (unpaired) electrons. The molecule has 0 aromatic heterocycles. The molecule has 1 aliphatic rings. The molecule has 2 rings (SSSR count). The van der Waals surface area contributed by atoms with E-state index in [9.17, 15) is 4.79 Å². The molecular formula is C24H41IN4O3. The first-order chi connectivity index (χ1) is 15.2. The largest absolute Gasteiger partial charge is 0.379 e. The minimum atomic E-state index is 0. The van der Waals surface area contributed by atoms with Gasteiger partial charge in [-0.15, -0.1) is 24.0 Å². The molecule has 8 heteroatoms. The number of rotatable bonds is 14. The third-order valence-corrected chi connectivity index (χ3v) is 5.20. The van der Waals surface area contributed by atoms with E-state index in [4.69, 9.17) is 9.47 Å². The number of hydrogen-bond acceptors (Lipinski definition) is 4. The zero-order valence-corrected chi connectivity index (χ0v) is 22.1. The Labute approximate surface area is 210 Å². The highest BCUT2D eigenvalue weighted by Gasteiger charge is 2.19. The monoisotopic (exact) mass is 560 g/mol. The lowest BCUT2D eigenvalue weighted by atomic mass is 9.99. The second-order valence-electron chi connectivity index (χ2n) is 7.70. The fraction of sp³-hybridized carbons (Fsp3) is 0.667. The Morgan fingerprint density at radius 3 is 2.53 bits per heavy atom. The number of guanidine groups is 1. The van der Waals surface area contributed by atoms with E-state index < -0.39 is 0 Å². The number of hydrogen-bond donors (Lipinski definition) is 2. The Balaban J connectivity index is 0.00000512. The highest BCUT2D eigenvalue weighted by atomic mass is 127. The first kappa shape index (κ1) is 28.6. The molecule has 0 spiro atoms. The maximum Gasteiger partial charge on any atom is 0.222 e. The highest BCUT2D eigenvalue weighted by molar-refractivity contribution is 14.0. The Morgan fingerprint density at radius 1 is 1.03 bits per heavy atom. The molecule has 1 aromatic carbocycles. The first-order valence-corrected chi connectivity index (χ1v) is 11.8. The number of halogens is 1. The third kappa shape index (κ3) is 11.5. The molecule has 32 heavy (non-hydrogen) atoms. The summed E-state index contributed by atoms with van der Waals surface area (Å²) in [5.74, 6) is 0.988. The van der Waals surface area contributed by atoms with Crippen LogP contribution in [0.25, 0.3) is 0 Å². The lowest BCUT2D eigenvalue weighted by molar-refractivity contribution is -0.132. The van der Waals surface area contributed by atoms with Crippen molar-refractivity contribution in [2.45, 2.75) is 52.5 Å². The summed E-state index contributed by atoms with van der Waals surface area (Å²) in [6.45, 7) is 10.5. The van der Waals surface area contributed by atoms with Crippen molar-refractivity contribution in [2.75, 3.05) is 52.6 Å². The van der Waals surface area contributed by atoms with Gasteiger partial charge in [-0.2, -0.15) is 0 Å². The summed E-state index contributed by atoms with van der Waals surface area (Å²) < 4.78 is 11.0. The minimum absolute atomic E-state index is 0. The van der Waals surface area contributed by atoms with Gasteiger partial charge in [-0.1, -0.05) is 37.6 Å². The van der Waals surface area contributed by atoms with Crippen LogP contribution >= 0.6 is 24.0 Å². The molecular weight excluding hydrogens is 519 g/mol. The molecule has 0 atom stereocenters. The van der Waals surface area contributed by atoms with Crippen LogP contribution in [-0.4, -0.2) is 69.4 Å². The standard InChI is InChI=1S/C24H40N4O3.HI/c1-3-5-16-30-18-19-31-17-14-27-24(25-4-2)26-13-8-11-23(29)28-15-12-21-9-6-7-10-22(21)20-28;/h6-7,9-10H,3-5,8,11-20H2,1-2H3,(H2,25,26,27);1H. The normalized spacial score (nSPS) is 13.3. The molecule has 0 fully saturated rings. The minimum Gasteiger partial charge on any atom is -0.379 e. The first-order valence-electron chi connectivity index (χ1n) is 11.8. The number of carbonyl (C=O) groups is 1. The van der Waals surface area contributed by atoms with Crippen molar-refractivity contribution in [1.29, 1.82) is 0 Å². The van der Waals surface area contributed by atoms with Crippen molar-refractivity contribution in [1.82, 2.24) is 15.5 Å². The Morgan fingerprint density at radius 2 is 1.78 bits per heavy atom. The van der Waals surface area contributed by atoms with E-state index in [0.717, 1.165) is 57.9 Å². The van der Waals surface area contributed by atoms with Crippen LogP contribution < -0.4 is 10.6 Å². The van der Waals surface area contributed by atoms with Gasteiger partial charge in [-0.3, -0.25) is 9.79 Å². The zero-order valence-electron chi connectivity index (χ0n) is 19.7. The number of unbranched alkanes of at least 4 members (excludes halogenated alkanes) is 1. The topological polar surface area (TPSA) is 75.2 Å². The van der Waals surface area contributed by atoms with E-state index in [-0.39, 0.29) is 29.9 Å². The number of carbonyl (C=O) groups excluding carboxylic acids is 1. The summed E-state index contributed by atoms with van der Waals surface area (Å²) in [6.07, 6.45) is 4.48. The van der Waals surface area contributed by atoms with Crippen LogP contribution in [0.1, 0.15) is 50.7 Å². The molecule has 1 amide bonds. The van der Waals surface area contributed by atoms with Crippen LogP contribution in [-0.2, 0) is 27.2 Å². The lowest BCUT2D eigenvalue weighted by Crippen LogP contribution is -2.39. The number of nitrogens with one attached hydrogen (secondary N) is 2. The molecule has 1 heterocycles. The van der Waals surface area contributed by atoms with Crippen LogP contribution in [0.3, 0.4) is 0 Å². The summed E-state index contributed by atoms with van der Waals surface area (Å²) in [5, 5.41) is 6.51. The van der Waals surface area contributed by atoms with Crippen LogP contribution in [0.2, 0.25) is 0 Å². The highest BCUT2D eigenvalue weighted by Crippen LogP contribution is 2.19. The van der Waals surface area contributed by atoms with Crippen LogP contribution in [0, 0.1) is 0 Å². The second-order valence-corrected chi connectivity index (χ2v) is 7.70. The van der Waals surface area contributed by atoms with Gasteiger partial charge in [-0.25, -0.2) is 0 Å². The number of ether oxygens (including phenoxy) is 2. The van der Waals surface area contributed by atoms with Crippen molar-refractivity contribution in [3.05, 3.63) is 35.4 Å². The molecule has 7 nitrogen and oxygen atoms in total. The predicted octanol–water partition coefficient (Wildman–Crippen LogP) is 3.36. The number of fused-ring (bicyclic) bond motifs is 1. The van der Waals surface area contributed by atoms with Crippen molar-refractivity contribution in [3.63, 3.8) is 0 Å². The fourth-order valence-corrected chi connectivity index (χ4v) is 3.44. The van der Waals surface area contributed by atoms with Crippen molar-refractivity contribution in [2.24, 2.45) is 4.99 Å². The van der Waals surface area contributed by atoms with Crippen molar-refractivity contribution < 1.29 is 14.3 Å². The van der Waals surface area contributed by atoms with E-state index in [1.807, 2.05) is 17.9 Å². The average molecular weight is 561 g/mol. The summed E-state index contributed by atoms with van der Waals surface area (Å²) in [5.41, 5.74) is 2.64. The molecule has 1 aromatic rings. The van der Waals surface area contributed by atoms with Crippen LogP contribution in [0.15, 0.2) is 29.3 Å². The maximum absolute atomic E-state index is 12.6. The molecule has 182 valence electrons. The zero-order chi connectivity index (χ0) is 22.2. The Bertz CT molecular complexity index is 672.